The van der Waals surface area contributed by atoms with Crippen molar-refractivity contribution in [2.24, 2.45) is 0 Å². The number of nitrogens with zero attached hydrogens (tertiary/aromatic N) is 3. The highest BCUT2D eigenvalue weighted by atomic mass is 16.5. The number of aryl methyl sites for hydroxylation is 1. The van der Waals surface area contributed by atoms with Crippen molar-refractivity contribution < 1.29 is 9.53 Å². The fourth-order valence-corrected chi connectivity index (χ4v) is 4.14. The molecule has 0 aliphatic carbocycles. The van der Waals surface area contributed by atoms with E-state index in [1.807, 2.05) is 61.5 Å². The van der Waals surface area contributed by atoms with Crippen molar-refractivity contribution in [3.63, 3.8) is 0 Å². The third-order valence-corrected chi connectivity index (χ3v) is 5.84. The van der Waals surface area contributed by atoms with Crippen molar-refractivity contribution in [2.45, 2.75) is 25.8 Å². The molecular formula is C26H25N5O2. The van der Waals surface area contributed by atoms with E-state index >= 15 is 0 Å². The van der Waals surface area contributed by atoms with Crippen LogP contribution in [0.2, 0.25) is 0 Å². The molecule has 4 aromatic rings. The van der Waals surface area contributed by atoms with Crippen LogP contribution in [0, 0.1) is 6.92 Å². The van der Waals surface area contributed by atoms with Gasteiger partial charge in [-0.25, -0.2) is 0 Å². The molecule has 5 rings (SSSR count). The second-order valence-corrected chi connectivity index (χ2v) is 8.16. The molecule has 0 bridgehead atoms. The van der Waals surface area contributed by atoms with Crippen LogP contribution >= 0.6 is 0 Å². The molecule has 166 valence electrons. The molecule has 7 nitrogen and oxygen atoms in total. The van der Waals surface area contributed by atoms with Crippen molar-refractivity contribution in [1.82, 2.24) is 25.5 Å². The lowest BCUT2D eigenvalue weighted by atomic mass is 9.97. The van der Waals surface area contributed by atoms with Crippen LogP contribution in [0.25, 0.3) is 33.8 Å². The van der Waals surface area contributed by atoms with Gasteiger partial charge in [0.25, 0.3) is 5.91 Å². The lowest BCUT2D eigenvalue weighted by Crippen LogP contribution is -2.38. The molecular weight excluding hydrogens is 414 g/mol. The molecule has 1 aromatic carbocycles. The van der Waals surface area contributed by atoms with Gasteiger partial charge in [0, 0.05) is 53.4 Å². The molecule has 4 heterocycles. The quantitative estimate of drug-likeness (QED) is 0.480. The first-order valence-corrected chi connectivity index (χ1v) is 11.1. The van der Waals surface area contributed by atoms with E-state index < -0.39 is 0 Å². The summed E-state index contributed by atoms with van der Waals surface area (Å²) in [7, 11) is 0. The number of amides is 1. The average Bonchev–Trinajstić information content (AvgIpc) is 3.35. The Morgan fingerprint density at radius 3 is 2.76 bits per heavy atom. The van der Waals surface area contributed by atoms with Crippen molar-refractivity contribution in [2.75, 3.05) is 13.2 Å². The molecule has 2 N–H and O–H groups in total. The van der Waals surface area contributed by atoms with E-state index in [1.165, 1.54) is 0 Å². The molecule has 0 unspecified atom stereocenters. The second-order valence-electron chi connectivity index (χ2n) is 8.16. The number of benzene rings is 1. The normalized spacial score (nSPS) is 14.2. The number of nitrogens with one attached hydrogen (secondary N) is 2. The summed E-state index contributed by atoms with van der Waals surface area (Å²) in [4.78, 5) is 22.2. The Labute approximate surface area is 192 Å². The summed E-state index contributed by atoms with van der Waals surface area (Å²) in [5, 5.41) is 10.5. The van der Waals surface area contributed by atoms with Crippen LogP contribution in [0.1, 0.15) is 28.9 Å². The van der Waals surface area contributed by atoms with Crippen LogP contribution in [0.15, 0.2) is 67.0 Å². The van der Waals surface area contributed by atoms with Crippen molar-refractivity contribution in [1.29, 1.82) is 0 Å². The van der Waals surface area contributed by atoms with Crippen LogP contribution in [0.4, 0.5) is 0 Å². The van der Waals surface area contributed by atoms with E-state index in [0.29, 0.717) is 18.8 Å². The Kier molecular flexibility index (Phi) is 5.95. The summed E-state index contributed by atoms with van der Waals surface area (Å²) in [6.07, 6.45) is 5.23. The molecule has 0 spiro atoms. The van der Waals surface area contributed by atoms with E-state index in [9.17, 15) is 4.79 Å². The molecule has 1 saturated heterocycles. The Balaban J connectivity index is 1.49. The maximum absolute atomic E-state index is 12.9. The molecule has 0 saturated carbocycles. The molecule has 1 aliphatic heterocycles. The molecule has 3 aromatic heterocycles. The van der Waals surface area contributed by atoms with Gasteiger partial charge in [0.1, 0.15) is 0 Å². The highest BCUT2D eigenvalue weighted by molar-refractivity contribution is 5.96. The first kappa shape index (κ1) is 21.0. The Morgan fingerprint density at radius 1 is 1.06 bits per heavy atom. The minimum atomic E-state index is -0.0748. The molecule has 0 radical (unpaired) electrons. The zero-order chi connectivity index (χ0) is 22.6. The van der Waals surface area contributed by atoms with E-state index in [1.54, 1.807) is 12.4 Å². The number of aromatic amines is 1. The number of hydrogen-bond acceptors (Lipinski definition) is 5. The molecule has 0 atom stereocenters. The number of carbonyl (C=O) groups excluding carboxylic acids is 1. The predicted octanol–water partition coefficient (Wildman–Crippen LogP) is 4.42. The number of rotatable bonds is 5. The number of pyridine rings is 2. The SMILES string of the molecule is Cc1cccc(-c2[nH]ncc2-c2cccnc2-c2cccc(C(=O)NC3CCOCC3)c2)n1. The third-order valence-electron chi connectivity index (χ3n) is 5.84. The highest BCUT2D eigenvalue weighted by Crippen LogP contribution is 2.35. The molecule has 1 amide bonds. The molecule has 1 aliphatic rings. The number of carbonyl (C=O) groups is 1. The Morgan fingerprint density at radius 2 is 1.91 bits per heavy atom. The van der Waals surface area contributed by atoms with Gasteiger partial charge in [-0.1, -0.05) is 24.3 Å². The molecule has 1 fully saturated rings. The summed E-state index contributed by atoms with van der Waals surface area (Å²) in [6.45, 7) is 3.34. The maximum atomic E-state index is 12.9. The monoisotopic (exact) mass is 439 g/mol. The first-order valence-electron chi connectivity index (χ1n) is 11.1. The van der Waals surface area contributed by atoms with Gasteiger partial charge < -0.3 is 10.1 Å². The van der Waals surface area contributed by atoms with E-state index in [4.69, 9.17) is 4.74 Å². The van der Waals surface area contributed by atoms with Crippen molar-refractivity contribution in [3.8, 4) is 33.8 Å². The lowest BCUT2D eigenvalue weighted by Gasteiger charge is -2.23. The number of H-pyrrole nitrogens is 1. The van der Waals surface area contributed by atoms with Gasteiger partial charge >= 0.3 is 0 Å². The topological polar surface area (TPSA) is 92.8 Å². The van der Waals surface area contributed by atoms with Gasteiger partial charge in [0.2, 0.25) is 0 Å². The summed E-state index contributed by atoms with van der Waals surface area (Å²) in [5.41, 5.74) is 6.69. The highest BCUT2D eigenvalue weighted by Gasteiger charge is 2.19. The van der Waals surface area contributed by atoms with Crippen LogP contribution < -0.4 is 5.32 Å². The van der Waals surface area contributed by atoms with Crippen LogP contribution in [0.5, 0.6) is 0 Å². The fourth-order valence-electron chi connectivity index (χ4n) is 4.14. The number of ether oxygens (including phenoxy) is 1. The minimum Gasteiger partial charge on any atom is -0.381 e. The zero-order valence-corrected chi connectivity index (χ0v) is 18.4. The van der Waals surface area contributed by atoms with Gasteiger partial charge in [0.15, 0.2) is 0 Å². The Hall–Kier alpha value is -3.84. The van der Waals surface area contributed by atoms with E-state index in [-0.39, 0.29) is 11.9 Å². The van der Waals surface area contributed by atoms with Gasteiger partial charge in [0.05, 0.1) is 23.3 Å². The summed E-state index contributed by atoms with van der Waals surface area (Å²) in [6, 6.07) is 17.6. The summed E-state index contributed by atoms with van der Waals surface area (Å²) in [5.74, 6) is -0.0748. The maximum Gasteiger partial charge on any atom is 0.251 e. The molecule has 33 heavy (non-hydrogen) atoms. The largest absolute Gasteiger partial charge is 0.381 e. The Bertz CT molecular complexity index is 1280. The van der Waals surface area contributed by atoms with E-state index in [0.717, 1.165) is 52.3 Å². The lowest BCUT2D eigenvalue weighted by molar-refractivity contribution is 0.0696. The van der Waals surface area contributed by atoms with Gasteiger partial charge in [-0.05, 0) is 50.1 Å². The standard InChI is InChI=1S/C26H25N5O2/c1-17-5-2-9-23(29-17)25-22(16-28-31-25)21-8-4-12-27-24(21)18-6-3-7-19(15-18)26(32)30-20-10-13-33-14-11-20/h2-9,12,15-16,20H,10-11,13-14H2,1H3,(H,28,31)(H,30,32). The first-order chi connectivity index (χ1) is 16.2. The smallest absolute Gasteiger partial charge is 0.251 e. The van der Waals surface area contributed by atoms with Crippen LogP contribution in [-0.2, 0) is 4.74 Å². The van der Waals surface area contributed by atoms with Crippen LogP contribution in [0.3, 0.4) is 0 Å². The summed E-state index contributed by atoms with van der Waals surface area (Å²) < 4.78 is 5.39. The molecule has 7 heteroatoms. The second kappa shape index (κ2) is 9.34. The van der Waals surface area contributed by atoms with Crippen LogP contribution in [-0.4, -0.2) is 45.3 Å². The minimum absolute atomic E-state index is 0.0748. The van der Waals surface area contributed by atoms with Gasteiger partial charge in [-0.15, -0.1) is 0 Å². The number of hydrogen-bond donors (Lipinski definition) is 2. The third kappa shape index (κ3) is 4.54. The fraction of sp³-hybridized carbons (Fsp3) is 0.231. The number of aromatic nitrogens is 4. The van der Waals surface area contributed by atoms with Crippen molar-refractivity contribution >= 4 is 5.91 Å². The van der Waals surface area contributed by atoms with E-state index in [2.05, 4.69) is 25.5 Å². The van der Waals surface area contributed by atoms with Gasteiger partial charge in [-0.3, -0.25) is 19.9 Å². The predicted molar refractivity (Wildman–Crippen MR) is 127 cm³/mol. The van der Waals surface area contributed by atoms with Crippen molar-refractivity contribution in [3.05, 3.63) is 78.2 Å². The van der Waals surface area contributed by atoms with Gasteiger partial charge in [-0.2, -0.15) is 5.10 Å². The average molecular weight is 440 g/mol. The zero-order valence-electron chi connectivity index (χ0n) is 18.4. The summed E-state index contributed by atoms with van der Waals surface area (Å²) >= 11 is 0.